The molecule has 4 aliphatic carbocycles. The lowest BCUT2D eigenvalue weighted by atomic mass is 9.72. The van der Waals surface area contributed by atoms with E-state index < -0.39 is 0 Å². The van der Waals surface area contributed by atoms with Crippen LogP contribution < -0.4 is 0 Å². The molecule has 3 saturated carbocycles. The van der Waals surface area contributed by atoms with Crippen molar-refractivity contribution in [2.24, 2.45) is 35.5 Å². The van der Waals surface area contributed by atoms with Gasteiger partial charge in [-0.15, -0.1) is 0 Å². The van der Waals surface area contributed by atoms with Crippen LogP contribution in [0.25, 0.3) is 0 Å². The fourth-order valence-corrected chi connectivity index (χ4v) is 5.30. The van der Waals surface area contributed by atoms with Gasteiger partial charge in [0.15, 0.2) is 0 Å². The van der Waals surface area contributed by atoms with Crippen molar-refractivity contribution < 1.29 is 9.53 Å². The predicted octanol–water partition coefficient (Wildman–Crippen LogP) is 2.40. The summed E-state index contributed by atoms with van der Waals surface area (Å²) < 4.78 is 5.50. The highest BCUT2D eigenvalue weighted by atomic mass is 16.5. The maximum atomic E-state index is 11.1. The third-order valence-electron chi connectivity index (χ3n) is 5.53. The van der Waals surface area contributed by atoms with Gasteiger partial charge in [0.2, 0.25) is 0 Å². The molecule has 86 valence electrons. The first-order chi connectivity index (χ1) is 7.74. The van der Waals surface area contributed by atoms with E-state index in [0.717, 1.165) is 36.0 Å². The molecule has 0 aromatic carbocycles. The van der Waals surface area contributed by atoms with Gasteiger partial charge >= 0.3 is 5.97 Å². The predicted molar refractivity (Wildman–Crippen MR) is 59.5 cm³/mol. The molecule has 0 saturated heterocycles. The summed E-state index contributed by atoms with van der Waals surface area (Å²) in [5.74, 6) is 4.89. The molecule has 4 aliphatic rings. The van der Waals surface area contributed by atoms with Crippen molar-refractivity contribution in [1.82, 2.24) is 0 Å². The summed E-state index contributed by atoms with van der Waals surface area (Å²) in [6.07, 6.45) is 8.97. The normalized spacial score (nSPS) is 55.7. The number of rotatable bonds is 1. The van der Waals surface area contributed by atoms with Gasteiger partial charge in [0.1, 0.15) is 6.10 Å². The Morgan fingerprint density at radius 1 is 1.12 bits per heavy atom. The Kier molecular flexibility index (Phi) is 1.68. The Morgan fingerprint density at radius 3 is 2.62 bits per heavy atom. The molecule has 4 bridgehead atoms. The van der Waals surface area contributed by atoms with Gasteiger partial charge in [-0.25, -0.2) is 0 Å². The molecule has 0 aromatic heterocycles. The van der Waals surface area contributed by atoms with E-state index in [-0.39, 0.29) is 12.1 Å². The Bertz CT molecular complexity index is 373. The Balaban J connectivity index is 1.61. The number of carbonyl (C=O) groups is 1. The van der Waals surface area contributed by atoms with Gasteiger partial charge in [-0.2, -0.15) is 0 Å². The van der Waals surface area contributed by atoms with Crippen molar-refractivity contribution in [3.63, 3.8) is 0 Å². The first-order valence-corrected chi connectivity index (χ1v) is 6.59. The Hall–Kier alpha value is -0.790. The second-order valence-corrected chi connectivity index (χ2v) is 6.15. The average molecular weight is 218 g/mol. The minimum absolute atomic E-state index is 0.0900. The van der Waals surface area contributed by atoms with E-state index in [9.17, 15) is 4.79 Å². The van der Waals surface area contributed by atoms with E-state index in [1.807, 2.05) is 0 Å². The smallest absolute Gasteiger partial charge is 0.302 e. The van der Waals surface area contributed by atoms with E-state index in [4.69, 9.17) is 4.74 Å². The van der Waals surface area contributed by atoms with Crippen molar-refractivity contribution in [2.75, 3.05) is 0 Å². The van der Waals surface area contributed by atoms with Crippen LogP contribution in [0.4, 0.5) is 0 Å². The van der Waals surface area contributed by atoms with Crippen LogP contribution in [0.5, 0.6) is 0 Å². The summed E-state index contributed by atoms with van der Waals surface area (Å²) in [7, 11) is 0. The number of hydrogen-bond donors (Lipinski definition) is 0. The second-order valence-electron chi connectivity index (χ2n) is 6.15. The highest BCUT2D eigenvalue weighted by Gasteiger charge is 2.61. The highest BCUT2D eigenvalue weighted by Crippen LogP contribution is 2.65. The zero-order valence-electron chi connectivity index (χ0n) is 9.63. The molecule has 4 rings (SSSR count). The van der Waals surface area contributed by atoms with E-state index in [2.05, 4.69) is 12.2 Å². The van der Waals surface area contributed by atoms with Gasteiger partial charge in [-0.3, -0.25) is 4.79 Å². The number of fused-ring (bicyclic) bond motifs is 9. The Morgan fingerprint density at radius 2 is 1.88 bits per heavy atom. The molecule has 3 fully saturated rings. The average Bonchev–Trinajstić information content (AvgIpc) is 2.93. The van der Waals surface area contributed by atoms with Crippen molar-refractivity contribution >= 4 is 5.97 Å². The number of hydrogen-bond acceptors (Lipinski definition) is 2. The standard InChI is InChI=1S/C14H18O2/c1-7(15)16-12-6-10-5-11(12)14-9-3-2-8(4-9)13(10)14/h2-3,8-14H,4-6H2,1H3/t8-,9-,10+,11+,12+,13+,14-/m0/s1. The molecule has 0 N–H and O–H groups in total. The third-order valence-corrected chi connectivity index (χ3v) is 5.53. The van der Waals surface area contributed by atoms with Crippen LogP contribution in [0.3, 0.4) is 0 Å². The molecule has 0 aromatic rings. The molecular formula is C14H18O2. The lowest BCUT2D eigenvalue weighted by molar-refractivity contribution is -0.150. The summed E-state index contributed by atoms with van der Waals surface area (Å²) in [6.45, 7) is 1.55. The summed E-state index contributed by atoms with van der Waals surface area (Å²) in [5, 5.41) is 0. The van der Waals surface area contributed by atoms with Crippen LogP contribution in [-0.2, 0) is 9.53 Å². The van der Waals surface area contributed by atoms with Gasteiger partial charge < -0.3 is 4.74 Å². The molecule has 0 unspecified atom stereocenters. The fourth-order valence-electron chi connectivity index (χ4n) is 5.30. The molecule has 0 radical (unpaired) electrons. The Labute approximate surface area is 96.0 Å². The van der Waals surface area contributed by atoms with E-state index in [1.165, 1.54) is 12.8 Å². The molecule has 0 amide bonds. The summed E-state index contributed by atoms with van der Waals surface area (Å²) >= 11 is 0. The first kappa shape index (κ1) is 9.26. The zero-order chi connectivity index (χ0) is 10.9. The molecule has 0 heterocycles. The largest absolute Gasteiger partial charge is 0.462 e. The minimum Gasteiger partial charge on any atom is -0.462 e. The molecule has 16 heavy (non-hydrogen) atoms. The molecule has 2 nitrogen and oxygen atoms in total. The molecule has 0 aliphatic heterocycles. The zero-order valence-corrected chi connectivity index (χ0v) is 9.63. The first-order valence-electron chi connectivity index (χ1n) is 6.59. The summed E-state index contributed by atoms with van der Waals surface area (Å²) in [6, 6.07) is 0. The van der Waals surface area contributed by atoms with Gasteiger partial charge in [0, 0.05) is 6.92 Å². The van der Waals surface area contributed by atoms with E-state index in [1.54, 1.807) is 6.92 Å². The minimum atomic E-state index is -0.0900. The monoisotopic (exact) mass is 218 g/mol. The summed E-state index contributed by atoms with van der Waals surface area (Å²) in [5.41, 5.74) is 0. The summed E-state index contributed by atoms with van der Waals surface area (Å²) in [4.78, 5) is 11.1. The van der Waals surface area contributed by atoms with Crippen molar-refractivity contribution in [3.05, 3.63) is 12.2 Å². The molecular weight excluding hydrogens is 200 g/mol. The quantitative estimate of drug-likeness (QED) is 0.384. The highest BCUT2D eigenvalue weighted by molar-refractivity contribution is 5.66. The van der Waals surface area contributed by atoms with Crippen LogP contribution in [-0.4, -0.2) is 12.1 Å². The van der Waals surface area contributed by atoms with Gasteiger partial charge in [0.25, 0.3) is 0 Å². The van der Waals surface area contributed by atoms with Gasteiger partial charge in [0.05, 0.1) is 0 Å². The number of allylic oxidation sites excluding steroid dienone is 2. The number of esters is 1. The molecule has 7 atom stereocenters. The molecule has 0 spiro atoms. The van der Waals surface area contributed by atoms with Crippen molar-refractivity contribution in [3.8, 4) is 0 Å². The van der Waals surface area contributed by atoms with Gasteiger partial charge in [-0.05, 0) is 54.8 Å². The lowest BCUT2D eigenvalue weighted by Crippen LogP contribution is -2.35. The second kappa shape index (κ2) is 2.91. The molecule has 2 heteroatoms. The van der Waals surface area contributed by atoms with Gasteiger partial charge in [-0.1, -0.05) is 12.2 Å². The maximum Gasteiger partial charge on any atom is 0.302 e. The van der Waals surface area contributed by atoms with Crippen molar-refractivity contribution in [1.29, 1.82) is 0 Å². The topological polar surface area (TPSA) is 26.3 Å². The van der Waals surface area contributed by atoms with Crippen LogP contribution in [0.1, 0.15) is 26.2 Å². The lowest BCUT2D eigenvalue weighted by Gasteiger charge is -2.36. The van der Waals surface area contributed by atoms with Crippen LogP contribution >= 0.6 is 0 Å². The fraction of sp³-hybridized carbons (Fsp3) is 0.786. The van der Waals surface area contributed by atoms with Crippen LogP contribution in [0.2, 0.25) is 0 Å². The van der Waals surface area contributed by atoms with Crippen LogP contribution in [0, 0.1) is 35.5 Å². The van der Waals surface area contributed by atoms with Crippen LogP contribution in [0.15, 0.2) is 12.2 Å². The third kappa shape index (κ3) is 1.01. The SMILES string of the molecule is CC(=O)O[C@@H]1C[C@H]2C[C@H]1[C@H]1[C@@H]2[C@H]2C=C[C@H]1C2. The maximum absolute atomic E-state index is 11.1. The number of ether oxygens (including phenoxy) is 1. The van der Waals surface area contributed by atoms with E-state index in [0.29, 0.717) is 5.92 Å². The van der Waals surface area contributed by atoms with E-state index >= 15 is 0 Å². The van der Waals surface area contributed by atoms with Crippen molar-refractivity contribution in [2.45, 2.75) is 32.3 Å². The number of carbonyl (C=O) groups excluding carboxylic acids is 1.